The van der Waals surface area contributed by atoms with Crippen LogP contribution in [0.1, 0.15) is 0 Å². The van der Waals surface area contributed by atoms with Gasteiger partial charge >= 0.3 is 0 Å². The van der Waals surface area contributed by atoms with Crippen LogP contribution in [0.3, 0.4) is 0 Å². The van der Waals surface area contributed by atoms with Gasteiger partial charge < -0.3 is 10.2 Å². The number of benzene rings is 1. The topological polar surface area (TPSA) is 27.6 Å². The van der Waals surface area contributed by atoms with Crippen molar-refractivity contribution in [3.8, 4) is 0 Å². The Hall–Kier alpha value is -0.810. The van der Waals surface area contributed by atoms with Crippen LogP contribution in [-0.4, -0.2) is 25.6 Å². The fraction of sp³-hybridized carbons (Fsp3) is 0.250. The molecule has 1 aromatic carbocycles. The van der Waals surface area contributed by atoms with E-state index in [1.165, 1.54) is 0 Å². The van der Waals surface area contributed by atoms with Crippen LogP contribution >= 0.6 is 31.9 Å². The zero-order chi connectivity index (χ0) is 12.3. The molecule has 0 fully saturated rings. The van der Waals surface area contributed by atoms with E-state index in [1.807, 2.05) is 24.3 Å². The molecule has 0 saturated carbocycles. The predicted octanol–water partition coefficient (Wildman–Crippen LogP) is 3.16. The van der Waals surface area contributed by atoms with Crippen molar-refractivity contribution in [2.75, 3.05) is 24.5 Å². The second kappa shape index (κ2) is 5.69. The molecular weight excluding hydrogens is 346 g/mol. The zero-order valence-corrected chi connectivity index (χ0v) is 12.5. The number of anilines is 1. The van der Waals surface area contributed by atoms with Gasteiger partial charge in [0, 0.05) is 22.0 Å². The molecule has 5 heteroatoms. The van der Waals surface area contributed by atoms with Crippen molar-refractivity contribution in [2.45, 2.75) is 0 Å². The fourth-order valence-electron chi connectivity index (χ4n) is 1.73. The Balaban J connectivity index is 2.41. The SMILES string of the molecule is C=CCN(C1=NCCN1)c1c(Br)cccc1Br. The summed E-state index contributed by atoms with van der Waals surface area (Å²) in [6, 6.07) is 6.03. The molecule has 1 aromatic rings. The minimum atomic E-state index is 0.715. The highest BCUT2D eigenvalue weighted by molar-refractivity contribution is 9.11. The molecular formula is C12H13Br2N3. The van der Waals surface area contributed by atoms with Crippen molar-refractivity contribution < 1.29 is 0 Å². The number of nitrogens with one attached hydrogen (secondary N) is 1. The molecule has 1 N–H and O–H groups in total. The van der Waals surface area contributed by atoms with Gasteiger partial charge in [-0.1, -0.05) is 12.1 Å². The number of para-hydroxylation sites is 1. The van der Waals surface area contributed by atoms with E-state index in [4.69, 9.17) is 0 Å². The van der Waals surface area contributed by atoms with E-state index in [-0.39, 0.29) is 0 Å². The van der Waals surface area contributed by atoms with Gasteiger partial charge in [0.2, 0.25) is 0 Å². The number of hydrogen-bond donors (Lipinski definition) is 1. The highest BCUT2D eigenvalue weighted by Gasteiger charge is 2.19. The van der Waals surface area contributed by atoms with E-state index in [0.29, 0.717) is 6.54 Å². The van der Waals surface area contributed by atoms with E-state index in [0.717, 1.165) is 33.7 Å². The summed E-state index contributed by atoms with van der Waals surface area (Å²) >= 11 is 7.15. The molecule has 17 heavy (non-hydrogen) atoms. The summed E-state index contributed by atoms with van der Waals surface area (Å²) in [6.07, 6.45) is 1.87. The van der Waals surface area contributed by atoms with Crippen molar-refractivity contribution in [1.29, 1.82) is 0 Å². The molecule has 0 unspecified atom stereocenters. The standard InChI is InChI=1S/C12H13Br2N3/c1-2-8-17(12-15-6-7-16-12)11-9(13)4-3-5-10(11)14/h2-5H,1,6-8H2,(H,15,16). The Bertz CT molecular complexity index is 437. The van der Waals surface area contributed by atoms with Crippen LogP contribution in [0.25, 0.3) is 0 Å². The van der Waals surface area contributed by atoms with Crippen molar-refractivity contribution in [3.63, 3.8) is 0 Å². The molecule has 0 spiro atoms. The summed E-state index contributed by atoms with van der Waals surface area (Å²) < 4.78 is 2.07. The van der Waals surface area contributed by atoms with Crippen molar-refractivity contribution >= 4 is 43.5 Å². The van der Waals surface area contributed by atoms with E-state index in [1.54, 1.807) is 0 Å². The maximum Gasteiger partial charge on any atom is 0.198 e. The molecule has 0 bridgehead atoms. The average Bonchev–Trinajstić information content (AvgIpc) is 2.80. The second-order valence-electron chi connectivity index (χ2n) is 3.60. The van der Waals surface area contributed by atoms with Crippen LogP contribution in [-0.2, 0) is 0 Å². The lowest BCUT2D eigenvalue weighted by Gasteiger charge is -2.25. The van der Waals surface area contributed by atoms with Crippen molar-refractivity contribution in [2.24, 2.45) is 4.99 Å². The minimum Gasteiger partial charge on any atom is -0.354 e. The summed E-state index contributed by atoms with van der Waals surface area (Å²) in [4.78, 5) is 6.56. The van der Waals surface area contributed by atoms with Crippen LogP contribution in [0, 0.1) is 0 Å². The largest absolute Gasteiger partial charge is 0.354 e. The third-order valence-electron chi connectivity index (χ3n) is 2.43. The Kier molecular flexibility index (Phi) is 4.23. The Labute approximate surface area is 118 Å². The number of hydrogen-bond acceptors (Lipinski definition) is 3. The predicted molar refractivity (Wildman–Crippen MR) is 79.7 cm³/mol. The molecule has 1 aliphatic heterocycles. The van der Waals surface area contributed by atoms with Gasteiger partial charge in [-0.15, -0.1) is 6.58 Å². The van der Waals surface area contributed by atoms with E-state index < -0.39 is 0 Å². The molecule has 0 aromatic heterocycles. The lowest BCUT2D eigenvalue weighted by Crippen LogP contribution is -2.39. The summed E-state index contributed by atoms with van der Waals surface area (Å²) in [7, 11) is 0. The lowest BCUT2D eigenvalue weighted by atomic mass is 10.3. The first kappa shape index (κ1) is 12.6. The summed E-state index contributed by atoms with van der Waals surface area (Å²) in [5.41, 5.74) is 1.07. The van der Waals surface area contributed by atoms with Crippen molar-refractivity contribution in [3.05, 3.63) is 39.8 Å². The number of nitrogens with zero attached hydrogens (tertiary/aromatic N) is 2. The first-order valence-corrected chi connectivity index (χ1v) is 6.93. The van der Waals surface area contributed by atoms with Crippen LogP contribution in [0.5, 0.6) is 0 Å². The van der Waals surface area contributed by atoms with Gasteiger partial charge in [-0.2, -0.15) is 0 Å². The molecule has 1 heterocycles. The molecule has 0 atom stereocenters. The van der Waals surface area contributed by atoms with Crippen molar-refractivity contribution in [1.82, 2.24) is 5.32 Å². The molecule has 1 aliphatic rings. The van der Waals surface area contributed by atoms with Gasteiger partial charge in [-0.05, 0) is 44.0 Å². The van der Waals surface area contributed by atoms with Gasteiger partial charge in [-0.25, -0.2) is 0 Å². The zero-order valence-electron chi connectivity index (χ0n) is 9.29. The Morgan fingerprint density at radius 3 is 2.65 bits per heavy atom. The summed E-state index contributed by atoms with van der Waals surface area (Å²) in [5, 5.41) is 3.28. The van der Waals surface area contributed by atoms with E-state index in [2.05, 4.69) is 53.6 Å². The average molecular weight is 359 g/mol. The third kappa shape index (κ3) is 2.72. The minimum absolute atomic E-state index is 0.715. The maximum absolute atomic E-state index is 4.46. The van der Waals surface area contributed by atoms with Gasteiger partial charge in [0.05, 0.1) is 12.2 Å². The molecule has 0 saturated heterocycles. The quantitative estimate of drug-likeness (QED) is 0.840. The molecule has 0 aliphatic carbocycles. The van der Waals surface area contributed by atoms with Gasteiger partial charge in [-0.3, -0.25) is 4.99 Å². The van der Waals surface area contributed by atoms with Crippen LogP contribution in [0.4, 0.5) is 5.69 Å². The third-order valence-corrected chi connectivity index (χ3v) is 3.71. The number of rotatable bonds is 3. The fourth-order valence-corrected chi connectivity index (χ4v) is 3.15. The second-order valence-corrected chi connectivity index (χ2v) is 5.31. The molecule has 0 amide bonds. The van der Waals surface area contributed by atoms with Gasteiger partial charge in [0.25, 0.3) is 0 Å². The van der Waals surface area contributed by atoms with Gasteiger partial charge in [0.15, 0.2) is 5.96 Å². The molecule has 90 valence electrons. The summed E-state index contributed by atoms with van der Waals surface area (Å²) in [5.74, 6) is 0.900. The lowest BCUT2D eigenvalue weighted by molar-refractivity contribution is 0.944. The highest BCUT2D eigenvalue weighted by atomic mass is 79.9. The number of halogens is 2. The molecule has 3 nitrogen and oxygen atoms in total. The van der Waals surface area contributed by atoms with Crippen LogP contribution in [0.2, 0.25) is 0 Å². The Morgan fingerprint density at radius 2 is 2.12 bits per heavy atom. The first-order chi connectivity index (χ1) is 8.24. The molecule has 0 radical (unpaired) electrons. The molecule has 2 rings (SSSR count). The summed E-state index contributed by atoms with van der Waals surface area (Å²) in [6.45, 7) is 6.24. The first-order valence-electron chi connectivity index (χ1n) is 5.35. The van der Waals surface area contributed by atoms with E-state index in [9.17, 15) is 0 Å². The van der Waals surface area contributed by atoms with Crippen LogP contribution < -0.4 is 10.2 Å². The Morgan fingerprint density at radius 1 is 1.41 bits per heavy atom. The van der Waals surface area contributed by atoms with Crippen LogP contribution in [0.15, 0.2) is 44.8 Å². The number of guanidine groups is 1. The normalized spacial score (nSPS) is 14.1. The monoisotopic (exact) mass is 357 g/mol. The van der Waals surface area contributed by atoms with E-state index >= 15 is 0 Å². The highest BCUT2D eigenvalue weighted by Crippen LogP contribution is 2.34. The maximum atomic E-state index is 4.46. The van der Waals surface area contributed by atoms with Gasteiger partial charge in [0.1, 0.15) is 0 Å². The number of aliphatic imine (C=N–C) groups is 1. The smallest absolute Gasteiger partial charge is 0.198 e.